The van der Waals surface area contributed by atoms with Gasteiger partial charge in [0.1, 0.15) is 5.75 Å². The van der Waals surface area contributed by atoms with Crippen molar-refractivity contribution in [3.05, 3.63) is 64.3 Å². The highest BCUT2D eigenvalue weighted by Gasteiger charge is 2.14. The lowest BCUT2D eigenvalue weighted by atomic mass is 10.1. The molecule has 2 aromatic carbocycles. The lowest BCUT2D eigenvalue weighted by molar-refractivity contribution is -0.384. The van der Waals surface area contributed by atoms with Crippen LogP contribution in [-0.2, 0) is 11.2 Å². The summed E-state index contributed by atoms with van der Waals surface area (Å²) >= 11 is 0. The van der Waals surface area contributed by atoms with E-state index in [0.717, 1.165) is 22.5 Å². The van der Waals surface area contributed by atoms with Crippen molar-refractivity contribution >= 4 is 28.2 Å². The van der Waals surface area contributed by atoms with Gasteiger partial charge < -0.3 is 15.4 Å². The van der Waals surface area contributed by atoms with Crippen LogP contribution in [0.4, 0.5) is 11.4 Å². The number of phenolic OH excluding ortho intramolecular Hbond substituents is 1. The Labute approximate surface area is 130 Å². The molecule has 0 fully saturated rings. The number of amides is 1. The number of carbonyl (C=O) groups excluding carboxylic acids is 1. The van der Waals surface area contributed by atoms with E-state index in [0.29, 0.717) is 0 Å². The summed E-state index contributed by atoms with van der Waals surface area (Å²) in [5.41, 5.74) is 1.55. The number of phenols is 1. The first kappa shape index (κ1) is 14.6. The maximum absolute atomic E-state index is 12.2. The van der Waals surface area contributed by atoms with Crippen molar-refractivity contribution in [2.75, 3.05) is 5.32 Å². The largest absolute Gasteiger partial charge is 0.506 e. The zero-order valence-corrected chi connectivity index (χ0v) is 11.9. The number of aromatic hydroxyl groups is 1. The van der Waals surface area contributed by atoms with E-state index < -0.39 is 4.92 Å². The number of nitrogens with zero attached hydrogens (tertiary/aromatic N) is 1. The minimum Gasteiger partial charge on any atom is -0.506 e. The van der Waals surface area contributed by atoms with E-state index >= 15 is 0 Å². The predicted molar refractivity (Wildman–Crippen MR) is 85.4 cm³/mol. The van der Waals surface area contributed by atoms with Crippen LogP contribution in [0.2, 0.25) is 0 Å². The van der Waals surface area contributed by atoms with E-state index in [9.17, 15) is 20.0 Å². The Morgan fingerprint density at radius 1 is 1.26 bits per heavy atom. The molecular weight excluding hydrogens is 298 g/mol. The number of benzene rings is 2. The normalized spacial score (nSPS) is 10.6. The van der Waals surface area contributed by atoms with Gasteiger partial charge in [-0.25, -0.2) is 0 Å². The number of fused-ring (bicyclic) bond motifs is 1. The van der Waals surface area contributed by atoms with Gasteiger partial charge in [-0.1, -0.05) is 18.2 Å². The average molecular weight is 311 g/mol. The Morgan fingerprint density at radius 2 is 2.04 bits per heavy atom. The highest BCUT2D eigenvalue weighted by molar-refractivity contribution is 5.96. The van der Waals surface area contributed by atoms with E-state index in [2.05, 4.69) is 10.3 Å². The molecule has 1 heterocycles. The van der Waals surface area contributed by atoms with Gasteiger partial charge in [0.2, 0.25) is 5.91 Å². The molecule has 0 unspecified atom stereocenters. The molecule has 0 atom stereocenters. The van der Waals surface area contributed by atoms with Gasteiger partial charge in [-0.2, -0.15) is 0 Å². The number of aromatic nitrogens is 1. The second-order valence-corrected chi connectivity index (χ2v) is 5.04. The van der Waals surface area contributed by atoms with Crippen LogP contribution >= 0.6 is 0 Å². The smallest absolute Gasteiger partial charge is 0.271 e. The summed E-state index contributed by atoms with van der Waals surface area (Å²) < 4.78 is 0. The number of carbonyl (C=O) groups is 1. The van der Waals surface area contributed by atoms with Crippen molar-refractivity contribution in [2.45, 2.75) is 6.42 Å². The van der Waals surface area contributed by atoms with Crippen molar-refractivity contribution in [1.82, 2.24) is 4.98 Å². The van der Waals surface area contributed by atoms with Gasteiger partial charge in [-0.3, -0.25) is 14.9 Å². The summed E-state index contributed by atoms with van der Waals surface area (Å²) in [7, 11) is 0. The van der Waals surface area contributed by atoms with Crippen molar-refractivity contribution in [2.24, 2.45) is 0 Å². The maximum Gasteiger partial charge on any atom is 0.271 e. The first-order chi connectivity index (χ1) is 11.0. The second kappa shape index (κ2) is 5.80. The number of H-pyrrole nitrogens is 1. The zero-order valence-electron chi connectivity index (χ0n) is 11.9. The van der Waals surface area contributed by atoms with Crippen LogP contribution in [0, 0.1) is 10.1 Å². The SMILES string of the molecule is O=C(Cc1c[nH]c2ccccc12)Nc1cc([N+](=O)[O-])ccc1O. The number of rotatable bonds is 4. The first-order valence-corrected chi connectivity index (χ1v) is 6.87. The molecule has 0 radical (unpaired) electrons. The number of hydrogen-bond acceptors (Lipinski definition) is 4. The fourth-order valence-electron chi connectivity index (χ4n) is 2.38. The standard InChI is InChI=1S/C16H13N3O4/c20-15-6-5-11(19(22)23)8-14(15)18-16(21)7-10-9-17-13-4-2-1-3-12(10)13/h1-6,8-9,17,20H,7H2,(H,18,21). The molecular formula is C16H13N3O4. The summed E-state index contributed by atoms with van der Waals surface area (Å²) in [6.07, 6.45) is 1.84. The minimum atomic E-state index is -0.589. The van der Waals surface area contributed by atoms with E-state index in [-0.39, 0.29) is 29.5 Å². The summed E-state index contributed by atoms with van der Waals surface area (Å²) in [6, 6.07) is 11.1. The molecule has 23 heavy (non-hydrogen) atoms. The van der Waals surface area contributed by atoms with Gasteiger partial charge in [-0.05, 0) is 17.7 Å². The van der Waals surface area contributed by atoms with Crippen molar-refractivity contribution in [1.29, 1.82) is 0 Å². The van der Waals surface area contributed by atoms with Crippen LogP contribution in [0.15, 0.2) is 48.7 Å². The average Bonchev–Trinajstić information content (AvgIpc) is 2.92. The van der Waals surface area contributed by atoms with Crippen LogP contribution in [0.5, 0.6) is 5.75 Å². The molecule has 0 spiro atoms. The molecule has 116 valence electrons. The third-order valence-electron chi connectivity index (χ3n) is 3.49. The lowest BCUT2D eigenvalue weighted by Gasteiger charge is -2.07. The third-order valence-corrected chi connectivity index (χ3v) is 3.49. The van der Waals surface area contributed by atoms with Crippen LogP contribution in [-0.4, -0.2) is 20.9 Å². The van der Waals surface area contributed by atoms with Crippen LogP contribution < -0.4 is 5.32 Å². The van der Waals surface area contributed by atoms with Crippen LogP contribution in [0.3, 0.4) is 0 Å². The predicted octanol–water partition coefficient (Wildman–Crippen LogP) is 2.96. The molecule has 1 aromatic heterocycles. The topological polar surface area (TPSA) is 108 Å². The summed E-state index contributed by atoms with van der Waals surface area (Å²) in [6.45, 7) is 0. The molecule has 0 bridgehead atoms. The number of aromatic amines is 1. The fourth-order valence-corrected chi connectivity index (χ4v) is 2.38. The molecule has 7 heteroatoms. The van der Waals surface area contributed by atoms with Crippen molar-refractivity contribution in [3.8, 4) is 5.75 Å². The maximum atomic E-state index is 12.2. The minimum absolute atomic E-state index is 0.0176. The highest BCUT2D eigenvalue weighted by atomic mass is 16.6. The Bertz CT molecular complexity index is 901. The quantitative estimate of drug-likeness (QED) is 0.391. The zero-order chi connectivity index (χ0) is 16.4. The third kappa shape index (κ3) is 2.98. The number of hydrogen-bond donors (Lipinski definition) is 3. The second-order valence-electron chi connectivity index (χ2n) is 5.04. The summed E-state index contributed by atoms with van der Waals surface area (Å²) in [4.78, 5) is 25.4. The van der Waals surface area contributed by atoms with Crippen LogP contribution in [0.25, 0.3) is 10.9 Å². The lowest BCUT2D eigenvalue weighted by Crippen LogP contribution is -2.14. The van der Waals surface area contributed by atoms with Gasteiger partial charge in [0.25, 0.3) is 5.69 Å². The first-order valence-electron chi connectivity index (χ1n) is 6.87. The molecule has 3 N–H and O–H groups in total. The summed E-state index contributed by atoms with van der Waals surface area (Å²) in [5, 5.41) is 23.9. The Hall–Kier alpha value is -3.35. The van der Waals surface area contributed by atoms with Gasteiger partial charge in [0, 0.05) is 29.2 Å². The Kier molecular flexibility index (Phi) is 3.68. The molecule has 3 aromatic rings. The molecule has 0 saturated carbocycles. The Balaban J connectivity index is 1.80. The van der Waals surface area contributed by atoms with E-state index in [1.165, 1.54) is 12.1 Å². The van der Waals surface area contributed by atoms with Crippen molar-refractivity contribution < 1.29 is 14.8 Å². The molecule has 0 saturated heterocycles. The monoisotopic (exact) mass is 311 g/mol. The number of para-hydroxylation sites is 1. The van der Waals surface area contributed by atoms with Gasteiger partial charge in [0.15, 0.2) is 0 Å². The number of nitro groups is 1. The molecule has 0 aliphatic carbocycles. The van der Waals surface area contributed by atoms with Gasteiger partial charge in [0.05, 0.1) is 17.0 Å². The van der Waals surface area contributed by atoms with E-state index in [4.69, 9.17) is 0 Å². The fraction of sp³-hybridized carbons (Fsp3) is 0.0625. The number of nitro benzene ring substituents is 1. The van der Waals surface area contributed by atoms with E-state index in [1.54, 1.807) is 6.20 Å². The molecule has 0 aliphatic heterocycles. The molecule has 3 rings (SSSR count). The molecule has 7 nitrogen and oxygen atoms in total. The van der Waals surface area contributed by atoms with Gasteiger partial charge in [-0.15, -0.1) is 0 Å². The van der Waals surface area contributed by atoms with Crippen LogP contribution in [0.1, 0.15) is 5.56 Å². The number of nitrogens with one attached hydrogen (secondary N) is 2. The number of non-ortho nitro benzene ring substituents is 1. The van der Waals surface area contributed by atoms with E-state index in [1.807, 2.05) is 24.3 Å². The molecule has 1 amide bonds. The summed E-state index contributed by atoms with van der Waals surface area (Å²) in [5.74, 6) is -0.589. The molecule has 0 aliphatic rings. The van der Waals surface area contributed by atoms with Gasteiger partial charge >= 0.3 is 0 Å². The Morgan fingerprint density at radius 3 is 2.83 bits per heavy atom. The highest BCUT2D eigenvalue weighted by Crippen LogP contribution is 2.28. The number of anilines is 1. The van der Waals surface area contributed by atoms with Crippen molar-refractivity contribution in [3.63, 3.8) is 0 Å².